The Kier molecular flexibility index (Phi) is 4.79. The number of benzene rings is 1. The van der Waals surface area contributed by atoms with Gasteiger partial charge in [-0.25, -0.2) is 0 Å². The number of carbonyl (C=O) groups is 1. The fourth-order valence-corrected chi connectivity index (χ4v) is 1.50. The second-order valence-electron chi connectivity index (χ2n) is 3.32. The zero-order valence-corrected chi connectivity index (χ0v) is 9.60. The molecule has 1 aromatic carbocycles. The maximum Gasteiger partial charge on any atom is 0.314 e. The van der Waals surface area contributed by atoms with Gasteiger partial charge in [-0.15, -0.1) is 0 Å². The molecule has 4 heteroatoms. The summed E-state index contributed by atoms with van der Waals surface area (Å²) in [6.07, 6.45) is 0. The van der Waals surface area contributed by atoms with Crippen LogP contribution in [0.2, 0.25) is 0 Å². The van der Waals surface area contributed by atoms with E-state index in [1.165, 1.54) is 7.11 Å². The molecule has 0 saturated carbocycles. The van der Waals surface area contributed by atoms with Crippen LogP contribution in [0.25, 0.3) is 0 Å². The molecule has 0 aliphatic rings. The molecule has 1 rings (SSSR count). The van der Waals surface area contributed by atoms with Gasteiger partial charge in [-0.3, -0.25) is 4.79 Å². The summed E-state index contributed by atoms with van der Waals surface area (Å²) in [5, 5.41) is 0. The molecule has 2 N–H and O–H groups in total. The molecule has 88 valence electrons. The highest BCUT2D eigenvalue weighted by Crippen LogP contribution is 2.21. The third-order valence-corrected chi connectivity index (χ3v) is 2.29. The van der Waals surface area contributed by atoms with Crippen molar-refractivity contribution in [2.24, 2.45) is 5.73 Å². The van der Waals surface area contributed by atoms with Crippen LogP contribution >= 0.6 is 0 Å². The zero-order chi connectivity index (χ0) is 12.0. The average Bonchev–Trinajstić information content (AvgIpc) is 2.31. The molecule has 1 atom stereocenters. The molecule has 0 fully saturated rings. The highest BCUT2D eigenvalue weighted by Gasteiger charge is 2.19. The first-order valence-electron chi connectivity index (χ1n) is 5.23. The summed E-state index contributed by atoms with van der Waals surface area (Å²) < 4.78 is 10.1. The maximum atomic E-state index is 11.5. The first kappa shape index (κ1) is 12.5. The van der Waals surface area contributed by atoms with E-state index in [1.807, 2.05) is 31.2 Å². The Morgan fingerprint density at radius 3 is 2.81 bits per heavy atom. The minimum atomic E-state index is -0.426. The van der Waals surface area contributed by atoms with Crippen LogP contribution in [0.1, 0.15) is 18.4 Å². The summed E-state index contributed by atoms with van der Waals surface area (Å²) in [6, 6.07) is 7.35. The van der Waals surface area contributed by atoms with Crippen LogP contribution in [0, 0.1) is 0 Å². The standard InChI is InChI=1S/C12H17NO3/c1-3-16-10-6-4-5-9(7-10)11(8-13)12(14)15-2/h4-7,11H,3,8,13H2,1-2H3. The van der Waals surface area contributed by atoms with Crippen molar-refractivity contribution in [1.82, 2.24) is 0 Å². The summed E-state index contributed by atoms with van der Waals surface area (Å²) in [4.78, 5) is 11.5. The monoisotopic (exact) mass is 223 g/mol. The predicted octanol–water partition coefficient (Wildman–Crippen LogP) is 1.30. The Morgan fingerprint density at radius 1 is 1.50 bits per heavy atom. The Balaban J connectivity index is 2.92. The molecule has 0 spiro atoms. The van der Waals surface area contributed by atoms with Crippen molar-refractivity contribution < 1.29 is 14.3 Å². The fraction of sp³-hybridized carbons (Fsp3) is 0.417. The predicted molar refractivity (Wildman–Crippen MR) is 61.4 cm³/mol. The number of rotatable bonds is 5. The molecule has 0 heterocycles. The van der Waals surface area contributed by atoms with Crippen LogP contribution in [-0.4, -0.2) is 26.2 Å². The molecular formula is C12H17NO3. The van der Waals surface area contributed by atoms with E-state index >= 15 is 0 Å². The van der Waals surface area contributed by atoms with Crippen LogP contribution in [0.4, 0.5) is 0 Å². The van der Waals surface area contributed by atoms with Crippen molar-refractivity contribution >= 4 is 5.97 Å². The Bertz CT molecular complexity index is 352. The van der Waals surface area contributed by atoms with Gasteiger partial charge in [0.05, 0.1) is 19.6 Å². The number of ether oxygens (including phenoxy) is 2. The maximum absolute atomic E-state index is 11.5. The topological polar surface area (TPSA) is 61.5 Å². The third-order valence-electron chi connectivity index (χ3n) is 2.29. The van der Waals surface area contributed by atoms with Gasteiger partial charge >= 0.3 is 5.97 Å². The van der Waals surface area contributed by atoms with Crippen LogP contribution in [0.3, 0.4) is 0 Å². The minimum Gasteiger partial charge on any atom is -0.494 e. The van der Waals surface area contributed by atoms with Gasteiger partial charge in [0.25, 0.3) is 0 Å². The molecular weight excluding hydrogens is 206 g/mol. The lowest BCUT2D eigenvalue weighted by atomic mass is 9.99. The van der Waals surface area contributed by atoms with Crippen molar-refractivity contribution in [3.8, 4) is 5.75 Å². The highest BCUT2D eigenvalue weighted by atomic mass is 16.5. The first-order chi connectivity index (χ1) is 7.72. The zero-order valence-electron chi connectivity index (χ0n) is 9.60. The molecule has 4 nitrogen and oxygen atoms in total. The SMILES string of the molecule is CCOc1cccc(C(CN)C(=O)OC)c1. The summed E-state index contributed by atoms with van der Waals surface area (Å²) in [5.41, 5.74) is 6.38. The molecule has 0 aliphatic heterocycles. The van der Waals surface area contributed by atoms with Gasteiger partial charge in [0.2, 0.25) is 0 Å². The van der Waals surface area contributed by atoms with Crippen molar-refractivity contribution in [3.63, 3.8) is 0 Å². The summed E-state index contributed by atoms with van der Waals surface area (Å²) in [5.74, 6) is -0.0103. The minimum absolute atomic E-state index is 0.224. The number of methoxy groups -OCH3 is 1. The van der Waals surface area contributed by atoms with E-state index in [0.29, 0.717) is 6.61 Å². The lowest BCUT2D eigenvalue weighted by Gasteiger charge is -2.13. The largest absolute Gasteiger partial charge is 0.494 e. The van der Waals surface area contributed by atoms with Crippen LogP contribution in [0.15, 0.2) is 24.3 Å². The molecule has 0 aromatic heterocycles. The average molecular weight is 223 g/mol. The number of carbonyl (C=O) groups excluding carboxylic acids is 1. The molecule has 16 heavy (non-hydrogen) atoms. The normalized spacial score (nSPS) is 11.9. The van der Waals surface area contributed by atoms with E-state index in [4.69, 9.17) is 15.2 Å². The van der Waals surface area contributed by atoms with E-state index in [-0.39, 0.29) is 12.5 Å². The Labute approximate surface area is 95.3 Å². The summed E-state index contributed by atoms with van der Waals surface area (Å²) >= 11 is 0. The summed E-state index contributed by atoms with van der Waals surface area (Å²) in [6.45, 7) is 2.73. The molecule has 1 unspecified atom stereocenters. The van der Waals surface area contributed by atoms with Gasteiger partial charge in [-0.2, -0.15) is 0 Å². The van der Waals surface area contributed by atoms with Crippen molar-refractivity contribution in [2.75, 3.05) is 20.3 Å². The van der Waals surface area contributed by atoms with E-state index in [2.05, 4.69) is 0 Å². The molecule has 0 radical (unpaired) electrons. The quantitative estimate of drug-likeness (QED) is 0.764. The molecule has 0 saturated heterocycles. The Morgan fingerprint density at radius 2 is 2.25 bits per heavy atom. The van der Waals surface area contributed by atoms with Crippen molar-refractivity contribution in [1.29, 1.82) is 0 Å². The third kappa shape index (κ3) is 2.97. The smallest absolute Gasteiger partial charge is 0.314 e. The van der Waals surface area contributed by atoms with Crippen LogP contribution in [-0.2, 0) is 9.53 Å². The first-order valence-corrected chi connectivity index (χ1v) is 5.23. The van der Waals surface area contributed by atoms with Crippen molar-refractivity contribution in [2.45, 2.75) is 12.8 Å². The van der Waals surface area contributed by atoms with Gasteiger partial charge in [-0.1, -0.05) is 12.1 Å². The summed E-state index contributed by atoms with van der Waals surface area (Å²) in [7, 11) is 1.36. The number of hydrogen-bond acceptors (Lipinski definition) is 4. The van der Waals surface area contributed by atoms with Gasteiger partial charge in [-0.05, 0) is 24.6 Å². The lowest BCUT2D eigenvalue weighted by molar-refractivity contribution is -0.142. The molecule has 0 bridgehead atoms. The van der Waals surface area contributed by atoms with Gasteiger partial charge < -0.3 is 15.2 Å². The van der Waals surface area contributed by atoms with Crippen LogP contribution < -0.4 is 10.5 Å². The lowest BCUT2D eigenvalue weighted by Crippen LogP contribution is -2.22. The van der Waals surface area contributed by atoms with E-state index in [9.17, 15) is 4.79 Å². The van der Waals surface area contributed by atoms with E-state index < -0.39 is 5.92 Å². The molecule has 0 aliphatic carbocycles. The number of esters is 1. The van der Waals surface area contributed by atoms with Gasteiger partial charge in [0.1, 0.15) is 5.75 Å². The van der Waals surface area contributed by atoms with Gasteiger partial charge in [0, 0.05) is 6.54 Å². The van der Waals surface area contributed by atoms with Crippen molar-refractivity contribution in [3.05, 3.63) is 29.8 Å². The van der Waals surface area contributed by atoms with Crippen LogP contribution in [0.5, 0.6) is 5.75 Å². The number of nitrogens with two attached hydrogens (primary N) is 1. The fourth-order valence-electron chi connectivity index (χ4n) is 1.50. The Hall–Kier alpha value is -1.55. The van der Waals surface area contributed by atoms with E-state index in [1.54, 1.807) is 0 Å². The number of hydrogen-bond donors (Lipinski definition) is 1. The second-order valence-corrected chi connectivity index (χ2v) is 3.32. The van der Waals surface area contributed by atoms with E-state index in [0.717, 1.165) is 11.3 Å². The van der Waals surface area contributed by atoms with Gasteiger partial charge in [0.15, 0.2) is 0 Å². The molecule has 0 amide bonds. The molecule has 1 aromatic rings. The highest BCUT2D eigenvalue weighted by molar-refractivity contribution is 5.78. The second kappa shape index (κ2) is 6.12.